The van der Waals surface area contributed by atoms with Gasteiger partial charge in [-0.25, -0.2) is 9.37 Å². The largest absolute Gasteiger partial charge is 0.459 e. The first-order valence-electron chi connectivity index (χ1n) is 8.31. The number of aromatic nitrogens is 1. The van der Waals surface area contributed by atoms with Gasteiger partial charge in [-0.1, -0.05) is 0 Å². The van der Waals surface area contributed by atoms with Crippen molar-refractivity contribution < 1.29 is 18.4 Å². The second kappa shape index (κ2) is 5.98. The molecule has 4 rings (SSSR count). The fourth-order valence-electron chi connectivity index (χ4n) is 3.75. The molecule has 0 N–H and O–H groups in total. The van der Waals surface area contributed by atoms with Gasteiger partial charge in [0, 0.05) is 25.6 Å². The summed E-state index contributed by atoms with van der Waals surface area (Å²) in [5, 5.41) is 0. The van der Waals surface area contributed by atoms with E-state index in [-0.39, 0.29) is 35.2 Å². The van der Waals surface area contributed by atoms with E-state index in [1.165, 1.54) is 25.3 Å². The van der Waals surface area contributed by atoms with Crippen LogP contribution in [0.1, 0.15) is 33.2 Å². The third kappa shape index (κ3) is 2.69. The number of hydrogen-bond donors (Lipinski definition) is 0. The first kappa shape index (κ1) is 15.8. The van der Waals surface area contributed by atoms with E-state index in [1.54, 1.807) is 21.9 Å². The lowest BCUT2D eigenvalue weighted by Gasteiger charge is -2.24. The molecule has 0 aromatic carbocycles. The number of rotatable bonds is 2. The Labute approximate surface area is 144 Å². The third-order valence-corrected chi connectivity index (χ3v) is 5.07. The lowest BCUT2D eigenvalue weighted by Crippen LogP contribution is -2.41. The molecule has 130 valence electrons. The Morgan fingerprint density at radius 3 is 2.80 bits per heavy atom. The van der Waals surface area contributed by atoms with Crippen molar-refractivity contribution in [2.75, 3.05) is 19.6 Å². The highest BCUT2D eigenvalue weighted by atomic mass is 19.1. The van der Waals surface area contributed by atoms with Gasteiger partial charge in [-0.15, -0.1) is 0 Å². The second-order valence-electron chi connectivity index (χ2n) is 6.57. The minimum atomic E-state index is -0.424. The smallest absolute Gasteiger partial charge is 0.289 e. The van der Waals surface area contributed by atoms with Crippen LogP contribution in [-0.4, -0.2) is 52.3 Å². The van der Waals surface area contributed by atoms with Gasteiger partial charge in [-0.05, 0) is 37.6 Å². The molecule has 0 bridgehead atoms. The van der Waals surface area contributed by atoms with Crippen LogP contribution in [0.15, 0.2) is 34.9 Å². The molecule has 4 heterocycles. The number of pyridine rings is 1. The van der Waals surface area contributed by atoms with E-state index < -0.39 is 5.82 Å². The van der Waals surface area contributed by atoms with Gasteiger partial charge in [-0.2, -0.15) is 0 Å². The predicted molar refractivity (Wildman–Crippen MR) is 86.5 cm³/mol. The molecule has 7 heteroatoms. The molecule has 2 fully saturated rings. The van der Waals surface area contributed by atoms with Gasteiger partial charge >= 0.3 is 0 Å². The molecule has 2 amide bonds. The van der Waals surface area contributed by atoms with Crippen molar-refractivity contribution in [3.63, 3.8) is 0 Å². The lowest BCUT2D eigenvalue weighted by molar-refractivity contribution is 0.0673. The molecule has 2 unspecified atom stereocenters. The van der Waals surface area contributed by atoms with Gasteiger partial charge < -0.3 is 14.2 Å². The summed E-state index contributed by atoms with van der Waals surface area (Å²) in [7, 11) is 0. The highest BCUT2D eigenvalue weighted by Crippen LogP contribution is 2.33. The van der Waals surface area contributed by atoms with Gasteiger partial charge in [0.2, 0.25) is 0 Å². The van der Waals surface area contributed by atoms with Crippen LogP contribution in [0, 0.1) is 18.7 Å². The molecule has 0 spiro atoms. The number of furan rings is 1. The number of carbonyl (C=O) groups excluding carboxylic acids is 2. The second-order valence-corrected chi connectivity index (χ2v) is 6.57. The van der Waals surface area contributed by atoms with Gasteiger partial charge in [0.1, 0.15) is 11.5 Å². The molecule has 2 atom stereocenters. The monoisotopic (exact) mass is 343 g/mol. The number of aryl methyl sites for hydroxylation is 1. The molecular formula is C18H18FN3O3. The molecule has 0 saturated carbocycles. The van der Waals surface area contributed by atoms with Crippen molar-refractivity contribution in [2.45, 2.75) is 19.4 Å². The zero-order valence-electron chi connectivity index (χ0n) is 13.8. The zero-order chi connectivity index (χ0) is 17.6. The number of nitrogens with zero attached hydrogens (tertiary/aromatic N) is 3. The zero-order valence-corrected chi connectivity index (χ0v) is 13.8. The lowest BCUT2D eigenvalue weighted by atomic mass is 10.1. The fourth-order valence-corrected chi connectivity index (χ4v) is 3.75. The third-order valence-electron chi connectivity index (χ3n) is 5.07. The van der Waals surface area contributed by atoms with Gasteiger partial charge in [0.15, 0.2) is 5.76 Å². The molecule has 2 aliphatic rings. The molecule has 0 radical (unpaired) electrons. The average molecular weight is 343 g/mol. The van der Waals surface area contributed by atoms with E-state index in [1.807, 2.05) is 0 Å². The molecule has 0 aliphatic carbocycles. The van der Waals surface area contributed by atoms with Crippen molar-refractivity contribution >= 4 is 11.8 Å². The maximum absolute atomic E-state index is 13.4. The maximum atomic E-state index is 13.4. The van der Waals surface area contributed by atoms with E-state index in [0.717, 1.165) is 6.42 Å². The summed E-state index contributed by atoms with van der Waals surface area (Å²) in [6.45, 7) is 3.27. The molecule has 2 aliphatic heterocycles. The molecule has 6 nitrogen and oxygen atoms in total. The molecule has 25 heavy (non-hydrogen) atoms. The van der Waals surface area contributed by atoms with Crippen molar-refractivity contribution in [2.24, 2.45) is 5.92 Å². The summed E-state index contributed by atoms with van der Waals surface area (Å²) in [6.07, 6.45) is 2.32. The number of carbonyl (C=O) groups is 2. The van der Waals surface area contributed by atoms with Crippen LogP contribution in [0.25, 0.3) is 0 Å². The van der Waals surface area contributed by atoms with Crippen LogP contribution < -0.4 is 0 Å². The molecule has 2 aromatic heterocycles. The van der Waals surface area contributed by atoms with Crippen LogP contribution in [0.2, 0.25) is 0 Å². The summed E-state index contributed by atoms with van der Waals surface area (Å²) in [5.41, 5.74) is 0.456. The quantitative estimate of drug-likeness (QED) is 0.838. The average Bonchev–Trinajstić information content (AvgIpc) is 3.32. The highest BCUT2D eigenvalue weighted by Gasteiger charge is 2.45. The van der Waals surface area contributed by atoms with Crippen LogP contribution >= 0.6 is 0 Å². The minimum absolute atomic E-state index is 0.0291. The predicted octanol–water partition coefficient (Wildman–Crippen LogP) is 2.11. The number of amides is 2. The summed E-state index contributed by atoms with van der Waals surface area (Å²) < 4.78 is 18.6. The van der Waals surface area contributed by atoms with Crippen LogP contribution in [0.5, 0.6) is 0 Å². The number of halogens is 1. The number of hydrogen-bond acceptors (Lipinski definition) is 4. The number of fused-ring (bicyclic) bond motifs is 1. The first-order valence-corrected chi connectivity index (χ1v) is 8.31. The molecular weight excluding hydrogens is 325 g/mol. The summed E-state index contributed by atoms with van der Waals surface area (Å²) >= 11 is 0. The topological polar surface area (TPSA) is 66.7 Å². The summed E-state index contributed by atoms with van der Waals surface area (Å²) in [6, 6.07) is 5.98. The van der Waals surface area contributed by atoms with Crippen molar-refractivity contribution in [1.29, 1.82) is 0 Å². The first-order chi connectivity index (χ1) is 12.0. The van der Waals surface area contributed by atoms with Gasteiger partial charge in [-0.3, -0.25) is 9.59 Å². The fraction of sp³-hybridized carbons (Fsp3) is 0.389. The Kier molecular flexibility index (Phi) is 3.78. The van der Waals surface area contributed by atoms with Gasteiger partial charge in [0.25, 0.3) is 11.8 Å². The molecule has 2 aromatic rings. The standard InChI is InChI=1S/C18H18FN3O3/c1-11-13(19)4-5-14(20-11)17(23)22-7-6-12-9-21(10-15(12)22)18(24)16-3-2-8-25-16/h2-5,8,12,15H,6-7,9-10H2,1H3. The Balaban J connectivity index is 1.50. The van der Waals surface area contributed by atoms with Crippen LogP contribution in [0.4, 0.5) is 4.39 Å². The highest BCUT2D eigenvalue weighted by molar-refractivity contribution is 5.94. The SMILES string of the molecule is Cc1nc(C(=O)N2CCC3CN(C(=O)c4ccco4)CC32)ccc1F. The van der Waals surface area contributed by atoms with E-state index in [9.17, 15) is 14.0 Å². The van der Waals surface area contributed by atoms with Crippen molar-refractivity contribution in [3.05, 3.63) is 53.5 Å². The summed E-state index contributed by atoms with van der Waals surface area (Å²) in [4.78, 5) is 32.8. The summed E-state index contributed by atoms with van der Waals surface area (Å²) in [5.74, 6) is -0.213. The van der Waals surface area contributed by atoms with E-state index in [2.05, 4.69) is 4.98 Å². The molecule has 2 saturated heterocycles. The van der Waals surface area contributed by atoms with Crippen LogP contribution in [-0.2, 0) is 0 Å². The van der Waals surface area contributed by atoms with E-state index >= 15 is 0 Å². The van der Waals surface area contributed by atoms with Gasteiger partial charge in [0.05, 0.1) is 18.0 Å². The Morgan fingerprint density at radius 2 is 2.08 bits per heavy atom. The van der Waals surface area contributed by atoms with Crippen LogP contribution in [0.3, 0.4) is 0 Å². The van der Waals surface area contributed by atoms with E-state index in [4.69, 9.17) is 4.42 Å². The number of likely N-dealkylation sites (tertiary alicyclic amines) is 2. The van der Waals surface area contributed by atoms with Crippen molar-refractivity contribution in [1.82, 2.24) is 14.8 Å². The van der Waals surface area contributed by atoms with E-state index in [0.29, 0.717) is 25.4 Å². The Bertz CT molecular complexity index is 821. The Hall–Kier alpha value is -2.70. The normalized spacial score (nSPS) is 22.3. The Morgan fingerprint density at radius 1 is 1.24 bits per heavy atom. The minimum Gasteiger partial charge on any atom is -0.459 e. The maximum Gasteiger partial charge on any atom is 0.289 e. The van der Waals surface area contributed by atoms with Crippen molar-refractivity contribution in [3.8, 4) is 0 Å².